The molecule has 0 N–H and O–H groups in total. The van der Waals surface area contributed by atoms with Crippen LogP contribution in [0.1, 0.15) is 20.8 Å². The van der Waals surface area contributed by atoms with Crippen LogP contribution < -0.4 is 0 Å². The fourth-order valence-electron chi connectivity index (χ4n) is 0.411. The van der Waals surface area contributed by atoms with E-state index in [1.807, 2.05) is 6.92 Å². The van der Waals surface area contributed by atoms with Crippen LogP contribution in [0.5, 0.6) is 0 Å². The molecule has 0 aliphatic carbocycles. The van der Waals surface area contributed by atoms with E-state index in [1.54, 1.807) is 0 Å². The van der Waals surface area contributed by atoms with Crippen LogP contribution in [-0.4, -0.2) is 10.8 Å². The first-order valence-corrected chi connectivity index (χ1v) is 5.46. The van der Waals surface area contributed by atoms with Crippen molar-refractivity contribution in [3.63, 3.8) is 0 Å². The molecule has 0 rings (SSSR count). The second kappa shape index (κ2) is 6.04. The van der Waals surface area contributed by atoms with Crippen molar-refractivity contribution < 1.29 is 0 Å². The van der Waals surface area contributed by atoms with Crippen LogP contribution in [0.2, 0.25) is 0 Å². The summed E-state index contributed by atoms with van der Waals surface area (Å²) >= 11 is 11.6. The monoisotopic (exact) mass is 208 g/mol. The van der Waals surface area contributed by atoms with E-state index < -0.39 is 7.27 Å². The van der Waals surface area contributed by atoms with Crippen LogP contribution in [0.3, 0.4) is 0 Å². The van der Waals surface area contributed by atoms with E-state index in [-0.39, 0.29) is 17.5 Å². The third-order valence-corrected chi connectivity index (χ3v) is 5.48. The number of halogens is 3. The molecule has 9 heavy (non-hydrogen) atoms. The molecule has 0 fully saturated rings. The first-order valence-electron chi connectivity index (χ1n) is 2.64. The van der Waals surface area contributed by atoms with Gasteiger partial charge in [0.1, 0.15) is 0 Å². The van der Waals surface area contributed by atoms with Crippen LogP contribution in [-0.2, 0) is 0 Å². The van der Waals surface area contributed by atoms with Gasteiger partial charge in [-0.15, -0.1) is 24.0 Å². The Morgan fingerprint density at radius 3 is 1.56 bits per heavy atom. The fraction of sp³-hybridized carbons (Fsp3) is 1.00. The Hall–Kier alpha value is 1.30. The van der Waals surface area contributed by atoms with Crippen molar-refractivity contribution in [3.8, 4) is 0 Å². The highest BCUT2D eigenvalue weighted by Crippen LogP contribution is 2.52. The van der Waals surface area contributed by atoms with Crippen LogP contribution in [0.15, 0.2) is 0 Å². The normalized spacial score (nSPS) is 16.7. The molecule has 0 heterocycles. The van der Waals surface area contributed by atoms with Crippen molar-refractivity contribution in [1.82, 2.24) is 0 Å². The van der Waals surface area contributed by atoms with Crippen LogP contribution in [0.4, 0.5) is 0 Å². The molecule has 58 valence electrons. The van der Waals surface area contributed by atoms with Gasteiger partial charge in [-0.25, -0.2) is 0 Å². The smallest absolute Gasteiger partial charge is 0.0648 e. The summed E-state index contributed by atoms with van der Waals surface area (Å²) in [6.07, 6.45) is 0. The number of hydrogen-bond acceptors (Lipinski definition) is 0. The summed E-state index contributed by atoms with van der Waals surface area (Å²) in [6, 6.07) is 0. The summed E-state index contributed by atoms with van der Waals surface area (Å²) in [5.74, 6) is 0. The van der Waals surface area contributed by atoms with E-state index in [9.17, 15) is 0 Å². The van der Waals surface area contributed by atoms with E-state index >= 15 is 0 Å². The molecule has 2 unspecified atom stereocenters. The van der Waals surface area contributed by atoms with Gasteiger partial charge in [0.05, 0.1) is 5.12 Å². The minimum Gasteiger partial charge on any atom is -0.147 e. The van der Waals surface area contributed by atoms with Crippen molar-refractivity contribution in [2.45, 2.75) is 31.5 Å². The van der Waals surface area contributed by atoms with Crippen molar-refractivity contribution in [3.05, 3.63) is 0 Å². The van der Waals surface area contributed by atoms with E-state index in [2.05, 4.69) is 13.8 Å². The molecular weight excluding hydrogens is 197 g/mol. The molecule has 0 aliphatic rings. The SMILES string of the molecule is CC(C)P(Cl)C(C)Cl.Cl. The van der Waals surface area contributed by atoms with Crippen molar-refractivity contribution in [2.24, 2.45) is 0 Å². The lowest BCUT2D eigenvalue weighted by Crippen LogP contribution is -1.94. The van der Waals surface area contributed by atoms with Gasteiger partial charge in [-0.05, 0) is 12.6 Å². The standard InChI is InChI=1S/C5H11Cl2P.ClH/c1-4(2)8(7)5(3)6;/h4-5H,1-3H3;1H. The Labute approximate surface area is 74.3 Å². The Morgan fingerprint density at radius 2 is 1.56 bits per heavy atom. The maximum atomic E-state index is 5.88. The van der Waals surface area contributed by atoms with Crippen LogP contribution in [0, 0.1) is 0 Å². The lowest BCUT2D eigenvalue weighted by Gasteiger charge is -2.14. The largest absolute Gasteiger partial charge is 0.147 e. The highest BCUT2D eigenvalue weighted by molar-refractivity contribution is 7.86. The quantitative estimate of drug-likeness (QED) is 0.476. The Morgan fingerprint density at radius 1 is 1.22 bits per heavy atom. The maximum Gasteiger partial charge on any atom is 0.0648 e. The van der Waals surface area contributed by atoms with Crippen LogP contribution >= 0.6 is 42.5 Å². The van der Waals surface area contributed by atoms with Gasteiger partial charge in [-0.3, -0.25) is 0 Å². The summed E-state index contributed by atoms with van der Waals surface area (Å²) in [5, 5.41) is 0.145. The second-order valence-corrected chi connectivity index (χ2v) is 6.64. The number of alkyl halides is 1. The van der Waals surface area contributed by atoms with Gasteiger partial charge in [-0.2, -0.15) is 0 Å². The lowest BCUT2D eigenvalue weighted by atomic mass is 10.6. The highest BCUT2D eigenvalue weighted by atomic mass is 35.7. The molecule has 0 bridgehead atoms. The van der Waals surface area contributed by atoms with Crippen molar-refractivity contribution in [2.75, 3.05) is 0 Å². The second-order valence-electron chi connectivity index (χ2n) is 2.01. The molecular formula is C5H12Cl3P. The van der Waals surface area contributed by atoms with Gasteiger partial charge >= 0.3 is 0 Å². The van der Waals surface area contributed by atoms with Crippen LogP contribution in [0.25, 0.3) is 0 Å². The Balaban J connectivity index is 0. The molecule has 0 aromatic rings. The third-order valence-electron chi connectivity index (χ3n) is 0.833. The zero-order valence-electron chi connectivity index (χ0n) is 5.77. The summed E-state index contributed by atoms with van der Waals surface area (Å²) < 4.78 is 0. The number of hydrogen-bond donors (Lipinski definition) is 0. The van der Waals surface area contributed by atoms with Gasteiger partial charge < -0.3 is 0 Å². The molecule has 2 atom stereocenters. The summed E-state index contributed by atoms with van der Waals surface area (Å²) in [5.41, 5.74) is 0.541. The molecule has 0 nitrogen and oxygen atoms in total. The molecule has 4 heteroatoms. The first kappa shape index (κ1) is 12.9. The average Bonchev–Trinajstić information content (AvgIpc) is 1.64. The van der Waals surface area contributed by atoms with Gasteiger partial charge in [0, 0.05) is 7.27 Å². The predicted octanol–water partition coefficient (Wildman–Crippen LogP) is 4.04. The molecule has 0 spiro atoms. The van der Waals surface area contributed by atoms with E-state index in [1.165, 1.54) is 0 Å². The van der Waals surface area contributed by atoms with Crippen molar-refractivity contribution >= 4 is 42.5 Å². The highest BCUT2D eigenvalue weighted by Gasteiger charge is 2.14. The minimum absolute atomic E-state index is 0. The zero-order valence-corrected chi connectivity index (χ0v) is 8.99. The molecule has 0 aromatic carbocycles. The summed E-state index contributed by atoms with van der Waals surface area (Å²) in [6.45, 7) is 6.13. The van der Waals surface area contributed by atoms with Gasteiger partial charge in [-0.1, -0.05) is 25.1 Å². The molecule has 0 aliphatic heterocycles. The number of rotatable bonds is 2. The topological polar surface area (TPSA) is 0 Å². The zero-order chi connectivity index (χ0) is 6.73. The molecule has 0 aromatic heterocycles. The van der Waals surface area contributed by atoms with E-state index in [0.717, 1.165) is 0 Å². The lowest BCUT2D eigenvalue weighted by molar-refractivity contribution is 1.09. The van der Waals surface area contributed by atoms with Gasteiger partial charge in [0.25, 0.3) is 0 Å². The Kier molecular flexibility index (Phi) is 8.68. The van der Waals surface area contributed by atoms with E-state index in [0.29, 0.717) is 5.66 Å². The molecule has 0 saturated carbocycles. The predicted molar refractivity (Wildman–Crippen MR) is 50.5 cm³/mol. The maximum absolute atomic E-state index is 5.88. The third kappa shape index (κ3) is 5.73. The molecule has 0 saturated heterocycles. The molecule has 0 amide bonds. The van der Waals surface area contributed by atoms with Crippen molar-refractivity contribution in [1.29, 1.82) is 0 Å². The Bertz CT molecular complexity index is 57.2. The first-order chi connectivity index (χ1) is 3.55. The summed E-state index contributed by atoms with van der Waals surface area (Å²) in [7, 11) is -0.461. The minimum atomic E-state index is -0.461. The van der Waals surface area contributed by atoms with Gasteiger partial charge in [0.2, 0.25) is 0 Å². The van der Waals surface area contributed by atoms with E-state index in [4.69, 9.17) is 22.8 Å². The fourth-order valence-corrected chi connectivity index (χ4v) is 1.91. The van der Waals surface area contributed by atoms with Gasteiger partial charge in [0.15, 0.2) is 0 Å². The average molecular weight is 209 g/mol. The summed E-state index contributed by atoms with van der Waals surface area (Å²) in [4.78, 5) is 0. The molecule has 0 radical (unpaired) electrons.